The molecule has 3 aliphatic rings. The summed E-state index contributed by atoms with van der Waals surface area (Å²) in [4.78, 5) is 46.3. The lowest BCUT2D eigenvalue weighted by atomic mass is 9.66. The summed E-state index contributed by atoms with van der Waals surface area (Å²) in [5, 5.41) is 10.6. The number of amides is 2. The van der Waals surface area contributed by atoms with Crippen LogP contribution in [-0.4, -0.2) is 68.5 Å². The molecule has 3 unspecified atom stereocenters. The van der Waals surface area contributed by atoms with Crippen molar-refractivity contribution in [3.8, 4) is 0 Å². The summed E-state index contributed by atoms with van der Waals surface area (Å²) >= 11 is 1.61. The predicted octanol–water partition coefficient (Wildman–Crippen LogP) is 4.78. The van der Waals surface area contributed by atoms with Gasteiger partial charge in [0, 0.05) is 18.3 Å². The van der Waals surface area contributed by atoms with Crippen molar-refractivity contribution in [3.63, 3.8) is 0 Å². The molecule has 2 amide bonds. The molecule has 3 fully saturated rings. The van der Waals surface area contributed by atoms with E-state index in [0.717, 1.165) is 17.5 Å². The van der Waals surface area contributed by atoms with Gasteiger partial charge in [0.25, 0.3) is 0 Å². The Morgan fingerprint density at radius 1 is 1.14 bits per heavy atom. The molecule has 1 spiro atoms. The van der Waals surface area contributed by atoms with Crippen molar-refractivity contribution >= 4 is 29.5 Å². The summed E-state index contributed by atoms with van der Waals surface area (Å²) in [5.74, 6) is -2.17. The number of esters is 1. The highest BCUT2D eigenvalue weighted by Crippen LogP contribution is 2.69. The van der Waals surface area contributed by atoms with Crippen LogP contribution in [0.2, 0.25) is 0 Å². The smallest absolute Gasteiger partial charge is 0.310 e. The van der Waals surface area contributed by atoms with Crippen LogP contribution in [0.3, 0.4) is 0 Å². The monoisotopic (exact) mass is 588 g/mol. The summed E-state index contributed by atoms with van der Waals surface area (Å²) in [6.45, 7) is 10.3. The van der Waals surface area contributed by atoms with Crippen LogP contribution in [0, 0.1) is 17.8 Å². The lowest BCUT2D eigenvalue weighted by Crippen LogP contribution is -2.57. The summed E-state index contributed by atoms with van der Waals surface area (Å²) in [6, 6.07) is 17.5. The first-order valence-corrected chi connectivity index (χ1v) is 15.6. The second-order valence-corrected chi connectivity index (χ2v) is 13.0. The molecule has 0 aliphatic carbocycles. The molecule has 7 nitrogen and oxygen atoms in total. The van der Waals surface area contributed by atoms with E-state index < -0.39 is 28.7 Å². The first kappa shape index (κ1) is 30.1. The number of benzene rings is 2. The van der Waals surface area contributed by atoms with Crippen LogP contribution in [0.4, 0.5) is 0 Å². The van der Waals surface area contributed by atoms with Gasteiger partial charge in [-0.15, -0.1) is 24.9 Å². The Morgan fingerprint density at radius 3 is 2.48 bits per heavy atom. The van der Waals surface area contributed by atoms with Crippen LogP contribution in [0.1, 0.15) is 43.4 Å². The Kier molecular flexibility index (Phi) is 9.23. The van der Waals surface area contributed by atoms with Crippen LogP contribution in [-0.2, 0) is 25.7 Å². The Labute approximate surface area is 252 Å². The third-order valence-electron chi connectivity index (χ3n) is 9.06. The molecule has 7 atom stereocenters. The first-order valence-electron chi connectivity index (χ1n) is 14.8. The average molecular weight is 589 g/mol. The number of unbranched alkanes of at least 4 members (excludes halogenated alkanes) is 1. The highest BCUT2D eigenvalue weighted by Gasteiger charge is 2.77. The topological polar surface area (TPSA) is 87.1 Å². The summed E-state index contributed by atoms with van der Waals surface area (Å²) in [6.07, 6.45) is 5.61. The third kappa shape index (κ3) is 5.20. The molecule has 0 saturated carbocycles. The zero-order chi connectivity index (χ0) is 29.9. The molecule has 2 bridgehead atoms. The number of allylic oxidation sites excluding steroid dienone is 1. The molecule has 2 aromatic carbocycles. The van der Waals surface area contributed by atoms with Crippen LogP contribution in [0.25, 0.3) is 0 Å². The van der Waals surface area contributed by atoms with E-state index in [9.17, 15) is 19.5 Å². The van der Waals surface area contributed by atoms with Gasteiger partial charge < -0.3 is 19.6 Å². The van der Waals surface area contributed by atoms with Gasteiger partial charge in [-0.1, -0.05) is 79.7 Å². The van der Waals surface area contributed by atoms with E-state index in [1.165, 1.54) is 0 Å². The fourth-order valence-corrected chi connectivity index (χ4v) is 9.62. The molecular formula is C34H40N2O5S. The zero-order valence-corrected chi connectivity index (χ0v) is 25.0. The number of likely N-dealkylation sites (tertiary alicyclic amines) is 1. The largest absolute Gasteiger partial charge is 0.465 e. The Hall–Kier alpha value is -3.36. The van der Waals surface area contributed by atoms with E-state index in [0.29, 0.717) is 25.9 Å². The summed E-state index contributed by atoms with van der Waals surface area (Å²) < 4.78 is 4.89. The van der Waals surface area contributed by atoms with Crippen molar-refractivity contribution in [1.29, 1.82) is 0 Å². The Bertz CT molecular complexity index is 1300. The van der Waals surface area contributed by atoms with Gasteiger partial charge in [-0.2, -0.15) is 0 Å². The van der Waals surface area contributed by atoms with Crippen LogP contribution in [0.5, 0.6) is 0 Å². The highest BCUT2D eigenvalue weighted by atomic mass is 32.2. The van der Waals surface area contributed by atoms with E-state index in [1.54, 1.807) is 33.7 Å². The number of hydrogen-bond donors (Lipinski definition) is 1. The van der Waals surface area contributed by atoms with Crippen molar-refractivity contribution in [2.75, 3.05) is 19.8 Å². The van der Waals surface area contributed by atoms with Crippen molar-refractivity contribution in [2.24, 2.45) is 17.8 Å². The van der Waals surface area contributed by atoms with Gasteiger partial charge in [-0.3, -0.25) is 14.4 Å². The fourth-order valence-electron chi connectivity index (χ4n) is 7.23. The van der Waals surface area contributed by atoms with Crippen LogP contribution < -0.4 is 0 Å². The molecule has 5 rings (SSSR count). The molecule has 222 valence electrons. The molecule has 8 heteroatoms. The molecule has 2 aromatic rings. The van der Waals surface area contributed by atoms with Crippen LogP contribution >= 0.6 is 11.8 Å². The molecule has 3 heterocycles. The Balaban J connectivity index is 1.57. The lowest BCUT2D eigenvalue weighted by Gasteiger charge is -2.42. The van der Waals surface area contributed by atoms with Gasteiger partial charge >= 0.3 is 5.97 Å². The van der Waals surface area contributed by atoms with Crippen molar-refractivity contribution in [1.82, 2.24) is 9.80 Å². The average Bonchev–Trinajstić information content (AvgIpc) is 3.60. The second kappa shape index (κ2) is 12.9. The molecule has 42 heavy (non-hydrogen) atoms. The summed E-state index contributed by atoms with van der Waals surface area (Å²) in [5.41, 5.74) is 1.72. The zero-order valence-electron chi connectivity index (χ0n) is 24.1. The molecule has 3 saturated heterocycles. The number of aliphatic hydroxyl groups excluding tert-OH is 1. The van der Waals surface area contributed by atoms with Gasteiger partial charge in [0.05, 0.1) is 35.8 Å². The van der Waals surface area contributed by atoms with Gasteiger partial charge in [0.15, 0.2) is 0 Å². The summed E-state index contributed by atoms with van der Waals surface area (Å²) in [7, 11) is 0. The minimum atomic E-state index is -0.861. The molecule has 0 radical (unpaired) electrons. The number of fused-ring (bicyclic) bond motifs is 1. The fraction of sp³-hybridized carbons (Fsp3) is 0.441. The van der Waals surface area contributed by atoms with Crippen molar-refractivity contribution < 1.29 is 24.2 Å². The lowest BCUT2D eigenvalue weighted by molar-refractivity contribution is -0.155. The molecule has 0 aromatic heterocycles. The number of carbonyl (C=O) groups is 3. The minimum Gasteiger partial charge on any atom is -0.465 e. The number of thioether (sulfide) groups is 1. The highest BCUT2D eigenvalue weighted by molar-refractivity contribution is 8.02. The number of carbonyl (C=O) groups excluding carboxylic acids is 3. The maximum Gasteiger partial charge on any atom is 0.310 e. The van der Waals surface area contributed by atoms with Gasteiger partial charge in [-0.05, 0) is 36.3 Å². The van der Waals surface area contributed by atoms with Gasteiger partial charge in [0.2, 0.25) is 11.8 Å². The van der Waals surface area contributed by atoms with E-state index in [4.69, 9.17) is 4.74 Å². The maximum absolute atomic E-state index is 14.8. The van der Waals surface area contributed by atoms with E-state index in [1.807, 2.05) is 60.7 Å². The molecule has 1 N–H and O–H groups in total. The van der Waals surface area contributed by atoms with E-state index in [2.05, 4.69) is 20.1 Å². The third-order valence-corrected chi connectivity index (χ3v) is 11.1. The van der Waals surface area contributed by atoms with Gasteiger partial charge in [0.1, 0.15) is 6.04 Å². The SMILES string of the molecule is C=CCCCOC(=O)[C@@H]1[C@H]2C(=O)N([C@H](CO)c3ccccc3)C(C(=O)N(CC=C)Cc3ccccc3)C23S[C@@H]1CC3C. The second-order valence-electron chi connectivity index (χ2n) is 11.5. The maximum atomic E-state index is 14.8. The number of nitrogens with zero attached hydrogens (tertiary/aromatic N) is 2. The minimum absolute atomic E-state index is 0.00244. The Morgan fingerprint density at radius 2 is 1.83 bits per heavy atom. The quantitative estimate of drug-likeness (QED) is 0.206. The standard InChI is InChI=1S/C34H40N2O5S/c1-4-6-13-19-41-33(40)28-27-20-23(3)34(42-27)29(28)31(38)36(26(22-37)25-16-11-8-12-17-25)30(34)32(39)35(18-5-2)21-24-14-9-7-10-15-24/h4-5,7-12,14-17,23,26-30,37H,1-2,6,13,18-22H2,3H3/t23?,26-,27-,28+,29+,30?,34?/m1/s1. The van der Waals surface area contributed by atoms with Crippen molar-refractivity contribution in [3.05, 3.63) is 97.1 Å². The number of rotatable bonds is 13. The number of ether oxygens (including phenoxy) is 1. The number of hydrogen-bond acceptors (Lipinski definition) is 6. The van der Waals surface area contributed by atoms with Crippen LogP contribution in [0.15, 0.2) is 86.0 Å². The number of aliphatic hydroxyl groups is 1. The molecular weight excluding hydrogens is 548 g/mol. The predicted molar refractivity (Wildman–Crippen MR) is 164 cm³/mol. The van der Waals surface area contributed by atoms with E-state index in [-0.39, 0.29) is 42.2 Å². The first-order chi connectivity index (χ1) is 20.4. The molecule has 3 aliphatic heterocycles. The van der Waals surface area contributed by atoms with E-state index >= 15 is 0 Å². The van der Waals surface area contributed by atoms with Gasteiger partial charge in [-0.25, -0.2) is 0 Å². The van der Waals surface area contributed by atoms with Crippen molar-refractivity contribution in [2.45, 2.75) is 54.8 Å². The normalized spacial score (nSPS) is 28.3.